The van der Waals surface area contributed by atoms with Gasteiger partial charge in [-0.3, -0.25) is 0 Å². The van der Waals surface area contributed by atoms with E-state index in [9.17, 15) is 0 Å². The number of hydrogen-bond donors (Lipinski definition) is 0. The van der Waals surface area contributed by atoms with Gasteiger partial charge in [0.25, 0.3) is 0 Å². The molecule has 0 aromatic carbocycles. The van der Waals surface area contributed by atoms with Crippen molar-refractivity contribution >= 4 is 0 Å². The van der Waals surface area contributed by atoms with Crippen LogP contribution in [0.15, 0.2) is 23.3 Å². The van der Waals surface area contributed by atoms with E-state index >= 15 is 0 Å². The van der Waals surface area contributed by atoms with E-state index in [0.29, 0.717) is 5.41 Å². The van der Waals surface area contributed by atoms with E-state index in [1.807, 2.05) is 0 Å². The molecule has 0 fully saturated rings. The quantitative estimate of drug-likeness (QED) is 0.521. The topological polar surface area (TPSA) is 0 Å². The van der Waals surface area contributed by atoms with Crippen molar-refractivity contribution in [2.24, 2.45) is 11.3 Å². The van der Waals surface area contributed by atoms with Gasteiger partial charge in [-0.05, 0) is 42.6 Å². The van der Waals surface area contributed by atoms with Gasteiger partial charge in [0, 0.05) is 0 Å². The molecule has 0 heterocycles. The van der Waals surface area contributed by atoms with Gasteiger partial charge in [0.15, 0.2) is 0 Å². The zero-order chi connectivity index (χ0) is 9.47. The fourth-order valence-electron chi connectivity index (χ4n) is 2.76. The van der Waals surface area contributed by atoms with Gasteiger partial charge in [-0.15, -0.1) is 0 Å². The average Bonchev–Trinajstić information content (AvgIpc) is 2.02. The molecule has 0 aromatic rings. The summed E-state index contributed by atoms with van der Waals surface area (Å²) in [6.45, 7) is 7.10. The second kappa shape index (κ2) is 3.01. The van der Waals surface area contributed by atoms with Crippen molar-refractivity contribution in [1.82, 2.24) is 0 Å². The number of rotatable bonds is 0. The van der Waals surface area contributed by atoms with Crippen LogP contribution in [0.1, 0.15) is 46.5 Å². The van der Waals surface area contributed by atoms with E-state index in [0.717, 1.165) is 5.92 Å². The van der Waals surface area contributed by atoms with E-state index in [2.05, 4.69) is 32.9 Å². The molecule has 2 aliphatic carbocycles. The Kier molecular flexibility index (Phi) is 2.09. The maximum Gasteiger partial charge on any atom is -0.0104 e. The smallest absolute Gasteiger partial charge is 0.0104 e. The summed E-state index contributed by atoms with van der Waals surface area (Å²) in [7, 11) is 0. The maximum absolute atomic E-state index is 2.39. The van der Waals surface area contributed by atoms with E-state index in [4.69, 9.17) is 0 Å². The molecule has 72 valence electrons. The number of hydrogen-bond acceptors (Lipinski definition) is 0. The summed E-state index contributed by atoms with van der Waals surface area (Å²) in [6, 6.07) is 0. The minimum absolute atomic E-state index is 0.449. The molecule has 1 atom stereocenters. The third-order valence-electron chi connectivity index (χ3n) is 3.55. The van der Waals surface area contributed by atoms with Crippen LogP contribution in [-0.4, -0.2) is 0 Å². The second-order valence-corrected chi connectivity index (χ2v) is 5.30. The van der Waals surface area contributed by atoms with Crippen LogP contribution in [0, 0.1) is 11.3 Å². The minimum Gasteiger partial charge on any atom is -0.0811 e. The number of allylic oxidation sites excluding steroid dienone is 4. The Morgan fingerprint density at radius 3 is 2.92 bits per heavy atom. The lowest BCUT2D eigenvalue weighted by atomic mass is 9.69. The minimum atomic E-state index is 0.449. The first-order valence-corrected chi connectivity index (χ1v) is 5.50. The highest BCUT2D eigenvalue weighted by Crippen LogP contribution is 2.44. The lowest BCUT2D eigenvalue weighted by molar-refractivity contribution is 0.365. The molecule has 1 unspecified atom stereocenters. The van der Waals surface area contributed by atoms with E-state index in [1.165, 1.54) is 25.7 Å². The van der Waals surface area contributed by atoms with Crippen LogP contribution in [0.25, 0.3) is 0 Å². The molecule has 0 saturated heterocycles. The third kappa shape index (κ3) is 1.59. The van der Waals surface area contributed by atoms with Crippen LogP contribution in [-0.2, 0) is 0 Å². The molecule has 0 aliphatic heterocycles. The van der Waals surface area contributed by atoms with Crippen molar-refractivity contribution in [1.29, 1.82) is 0 Å². The summed E-state index contributed by atoms with van der Waals surface area (Å²) < 4.78 is 0. The van der Waals surface area contributed by atoms with Crippen LogP contribution in [0.5, 0.6) is 0 Å². The van der Waals surface area contributed by atoms with Crippen LogP contribution >= 0.6 is 0 Å². The molecule has 0 bridgehead atoms. The van der Waals surface area contributed by atoms with Crippen molar-refractivity contribution in [3.8, 4) is 0 Å². The standard InChI is InChI=1S/C13H20/c1-10-6-7-12-11(9-10)5-4-8-13(12,2)3/h6-7,10H,4-5,8-9H2,1-3H3. The highest BCUT2D eigenvalue weighted by atomic mass is 14.3. The van der Waals surface area contributed by atoms with E-state index in [-0.39, 0.29) is 0 Å². The lowest BCUT2D eigenvalue weighted by Gasteiger charge is -2.36. The average molecular weight is 176 g/mol. The van der Waals surface area contributed by atoms with Crippen molar-refractivity contribution in [2.75, 3.05) is 0 Å². The van der Waals surface area contributed by atoms with Crippen molar-refractivity contribution < 1.29 is 0 Å². The first kappa shape index (κ1) is 9.05. The lowest BCUT2D eigenvalue weighted by Crippen LogP contribution is -2.22. The molecule has 2 rings (SSSR count). The molecular weight excluding hydrogens is 156 g/mol. The Morgan fingerprint density at radius 2 is 2.15 bits per heavy atom. The molecule has 0 aromatic heterocycles. The van der Waals surface area contributed by atoms with Crippen molar-refractivity contribution in [3.05, 3.63) is 23.3 Å². The second-order valence-electron chi connectivity index (χ2n) is 5.30. The highest BCUT2D eigenvalue weighted by Gasteiger charge is 2.29. The summed E-state index contributed by atoms with van der Waals surface area (Å²) in [5.41, 5.74) is 3.84. The summed E-state index contributed by atoms with van der Waals surface area (Å²) in [5.74, 6) is 0.771. The molecule has 0 radical (unpaired) electrons. The van der Waals surface area contributed by atoms with Crippen molar-refractivity contribution in [3.63, 3.8) is 0 Å². The van der Waals surface area contributed by atoms with Gasteiger partial charge in [0.2, 0.25) is 0 Å². The summed E-state index contributed by atoms with van der Waals surface area (Å²) >= 11 is 0. The predicted molar refractivity (Wildman–Crippen MR) is 57.6 cm³/mol. The monoisotopic (exact) mass is 176 g/mol. The predicted octanol–water partition coefficient (Wildman–Crippen LogP) is 4.09. The zero-order valence-corrected chi connectivity index (χ0v) is 9.06. The first-order valence-electron chi connectivity index (χ1n) is 5.50. The Hall–Kier alpha value is -0.520. The summed E-state index contributed by atoms with van der Waals surface area (Å²) in [5, 5.41) is 0. The van der Waals surface area contributed by atoms with Crippen molar-refractivity contribution in [2.45, 2.75) is 46.5 Å². The Morgan fingerprint density at radius 1 is 1.38 bits per heavy atom. The Bertz CT molecular complexity index is 266. The molecule has 0 amide bonds. The van der Waals surface area contributed by atoms with Gasteiger partial charge in [-0.2, -0.15) is 0 Å². The molecule has 2 aliphatic rings. The fourth-order valence-corrected chi connectivity index (χ4v) is 2.76. The zero-order valence-electron chi connectivity index (χ0n) is 9.06. The Balaban J connectivity index is 2.34. The molecule has 0 spiro atoms. The van der Waals surface area contributed by atoms with Crippen LogP contribution < -0.4 is 0 Å². The van der Waals surface area contributed by atoms with Crippen LogP contribution in [0.4, 0.5) is 0 Å². The summed E-state index contributed by atoms with van der Waals surface area (Å²) in [4.78, 5) is 0. The van der Waals surface area contributed by atoms with Gasteiger partial charge in [-0.25, -0.2) is 0 Å². The van der Waals surface area contributed by atoms with Crippen LogP contribution in [0.3, 0.4) is 0 Å². The highest BCUT2D eigenvalue weighted by molar-refractivity contribution is 5.36. The first-order chi connectivity index (χ1) is 6.09. The molecule has 13 heavy (non-hydrogen) atoms. The van der Waals surface area contributed by atoms with Gasteiger partial charge in [0.05, 0.1) is 0 Å². The SMILES string of the molecule is CC1C=CC2=C(CCCC2(C)C)C1. The van der Waals surface area contributed by atoms with Gasteiger partial charge < -0.3 is 0 Å². The molecule has 0 N–H and O–H groups in total. The fraction of sp³-hybridized carbons (Fsp3) is 0.692. The molecular formula is C13H20. The molecule has 0 saturated carbocycles. The van der Waals surface area contributed by atoms with Gasteiger partial charge in [-0.1, -0.05) is 38.5 Å². The van der Waals surface area contributed by atoms with E-state index < -0.39 is 0 Å². The maximum atomic E-state index is 2.39. The van der Waals surface area contributed by atoms with Gasteiger partial charge in [0.1, 0.15) is 0 Å². The van der Waals surface area contributed by atoms with Gasteiger partial charge >= 0.3 is 0 Å². The Labute approximate surface area is 81.7 Å². The summed E-state index contributed by atoms with van der Waals surface area (Å²) in [6.07, 6.45) is 10.2. The van der Waals surface area contributed by atoms with E-state index in [1.54, 1.807) is 11.1 Å². The molecule has 0 heteroatoms. The molecule has 0 nitrogen and oxygen atoms in total. The normalized spacial score (nSPS) is 31.8. The largest absolute Gasteiger partial charge is 0.0811 e. The third-order valence-corrected chi connectivity index (χ3v) is 3.55. The van der Waals surface area contributed by atoms with Crippen LogP contribution in [0.2, 0.25) is 0 Å².